The van der Waals surface area contributed by atoms with Crippen molar-refractivity contribution in [1.29, 1.82) is 0 Å². The number of carbonyl (C=O) groups is 2. The van der Waals surface area contributed by atoms with Crippen LogP contribution in [0.15, 0.2) is 54.9 Å². The predicted octanol–water partition coefficient (Wildman–Crippen LogP) is 2.61. The number of carbonyl (C=O) groups excluding carboxylic acids is 2. The van der Waals surface area contributed by atoms with E-state index >= 15 is 0 Å². The quantitative estimate of drug-likeness (QED) is 0.667. The number of anilines is 2. The van der Waals surface area contributed by atoms with Gasteiger partial charge in [-0.05, 0) is 49.2 Å². The summed E-state index contributed by atoms with van der Waals surface area (Å²) in [6.07, 6.45) is 5.89. The molecule has 2 aliphatic heterocycles. The Bertz CT molecular complexity index is 1100. The van der Waals surface area contributed by atoms with Gasteiger partial charge in [0.25, 0.3) is 5.91 Å². The van der Waals surface area contributed by atoms with E-state index < -0.39 is 0 Å². The molecule has 8 nitrogen and oxygen atoms in total. The lowest BCUT2D eigenvalue weighted by atomic mass is 10.1. The molecule has 0 spiro atoms. The van der Waals surface area contributed by atoms with Gasteiger partial charge < -0.3 is 20.1 Å². The molecule has 0 radical (unpaired) electrons. The number of nitrogens with one attached hydrogen (secondary N) is 2. The van der Waals surface area contributed by atoms with E-state index in [-0.39, 0.29) is 17.9 Å². The largest absolute Gasteiger partial charge is 0.360 e. The van der Waals surface area contributed by atoms with Gasteiger partial charge in [0.1, 0.15) is 0 Å². The van der Waals surface area contributed by atoms with Crippen molar-refractivity contribution in [1.82, 2.24) is 20.3 Å². The van der Waals surface area contributed by atoms with Crippen LogP contribution in [0.1, 0.15) is 29.6 Å². The number of aromatic nitrogens is 3. The molecule has 31 heavy (non-hydrogen) atoms. The van der Waals surface area contributed by atoms with Gasteiger partial charge in [0.2, 0.25) is 11.9 Å². The fourth-order valence-corrected chi connectivity index (χ4v) is 4.21. The smallest absolute Gasteiger partial charge is 0.251 e. The van der Waals surface area contributed by atoms with E-state index in [0.29, 0.717) is 31.0 Å². The van der Waals surface area contributed by atoms with Crippen molar-refractivity contribution >= 4 is 23.5 Å². The highest BCUT2D eigenvalue weighted by Gasteiger charge is 2.27. The maximum atomic E-state index is 12.8. The lowest BCUT2D eigenvalue weighted by molar-refractivity contribution is -0.117. The first-order valence-electron chi connectivity index (χ1n) is 10.6. The topological polar surface area (TPSA) is 94.2 Å². The van der Waals surface area contributed by atoms with E-state index in [1.54, 1.807) is 23.2 Å². The molecule has 3 aromatic rings. The van der Waals surface area contributed by atoms with E-state index in [1.807, 2.05) is 36.5 Å². The number of nitrogens with zero attached hydrogens (tertiary/aromatic N) is 4. The summed E-state index contributed by atoms with van der Waals surface area (Å²) in [6, 6.07) is 13.1. The van der Waals surface area contributed by atoms with E-state index in [0.717, 1.165) is 36.5 Å². The maximum absolute atomic E-state index is 12.8. The van der Waals surface area contributed by atoms with Gasteiger partial charge in [0, 0.05) is 55.7 Å². The number of H-pyrrole nitrogens is 1. The van der Waals surface area contributed by atoms with Crippen LogP contribution in [0.3, 0.4) is 0 Å². The van der Waals surface area contributed by atoms with Crippen LogP contribution >= 0.6 is 0 Å². The van der Waals surface area contributed by atoms with E-state index in [4.69, 9.17) is 0 Å². The van der Waals surface area contributed by atoms with Crippen molar-refractivity contribution in [2.75, 3.05) is 29.4 Å². The molecule has 0 bridgehead atoms. The van der Waals surface area contributed by atoms with Crippen LogP contribution in [-0.4, -0.2) is 52.4 Å². The molecular weight excluding hydrogens is 392 g/mol. The fourth-order valence-electron chi connectivity index (χ4n) is 4.21. The molecule has 2 saturated heterocycles. The first kappa shape index (κ1) is 19.3. The molecule has 2 aliphatic rings. The minimum atomic E-state index is -0.124. The summed E-state index contributed by atoms with van der Waals surface area (Å²) in [6.45, 7) is 2.15. The average Bonchev–Trinajstić information content (AvgIpc) is 3.56. The number of aromatic amines is 1. The van der Waals surface area contributed by atoms with Gasteiger partial charge in [-0.25, -0.2) is 9.97 Å². The van der Waals surface area contributed by atoms with Crippen LogP contribution in [0.4, 0.5) is 11.6 Å². The van der Waals surface area contributed by atoms with Crippen molar-refractivity contribution in [2.45, 2.75) is 25.3 Å². The van der Waals surface area contributed by atoms with Gasteiger partial charge in [-0.3, -0.25) is 9.59 Å². The maximum Gasteiger partial charge on any atom is 0.251 e. The number of benzene rings is 1. The first-order chi connectivity index (χ1) is 15.2. The van der Waals surface area contributed by atoms with E-state index in [9.17, 15) is 9.59 Å². The number of rotatable bonds is 5. The first-order valence-corrected chi connectivity index (χ1v) is 10.6. The molecule has 2 fully saturated rings. The zero-order chi connectivity index (χ0) is 21.2. The van der Waals surface area contributed by atoms with Crippen molar-refractivity contribution in [3.63, 3.8) is 0 Å². The summed E-state index contributed by atoms with van der Waals surface area (Å²) in [5.41, 5.74) is 3.15. The highest BCUT2D eigenvalue weighted by molar-refractivity contribution is 5.99. The Hall–Kier alpha value is -3.68. The van der Waals surface area contributed by atoms with Crippen molar-refractivity contribution < 1.29 is 9.59 Å². The highest BCUT2D eigenvalue weighted by atomic mass is 16.2. The predicted molar refractivity (Wildman–Crippen MR) is 118 cm³/mol. The molecule has 4 heterocycles. The van der Waals surface area contributed by atoms with Gasteiger partial charge in [0.15, 0.2) is 0 Å². The number of hydrogen-bond donors (Lipinski definition) is 2. The van der Waals surface area contributed by atoms with Crippen LogP contribution in [0.5, 0.6) is 0 Å². The van der Waals surface area contributed by atoms with Gasteiger partial charge in [0.05, 0.1) is 11.4 Å². The Kier molecular flexibility index (Phi) is 5.11. The molecule has 2 N–H and O–H groups in total. The van der Waals surface area contributed by atoms with Crippen molar-refractivity contribution in [3.8, 4) is 11.4 Å². The number of amides is 2. The monoisotopic (exact) mass is 416 g/mol. The van der Waals surface area contributed by atoms with Gasteiger partial charge in [-0.1, -0.05) is 6.07 Å². The average molecular weight is 416 g/mol. The SMILES string of the molecule is O=C(NC1CCN(c2nccc(-c3ccc[nH]3)n2)C1)c1cccc(N2CCCC2=O)c1. The van der Waals surface area contributed by atoms with E-state index in [2.05, 4.69) is 25.2 Å². The summed E-state index contributed by atoms with van der Waals surface area (Å²) in [5.74, 6) is 0.658. The molecule has 0 saturated carbocycles. The van der Waals surface area contributed by atoms with Crippen LogP contribution in [0, 0.1) is 0 Å². The van der Waals surface area contributed by atoms with Crippen LogP contribution in [-0.2, 0) is 4.79 Å². The standard InChI is InChI=1S/C23H24N6O2/c30-21-7-3-12-29(21)18-5-1-4-16(14-18)22(31)26-17-9-13-28(15-17)23-25-11-8-20(27-23)19-6-2-10-24-19/h1-2,4-6,8,10-11,14,17,24H,3,7,9,12-13,15H2,(H,26,31). The summed E-state index contributed by atoms with van der Waals surface area (Å²) in [5, 5.41) is 3.12. The van der Waals surface area contributed by atoms with Crippen molar-refractivity contribution in [3.05, 3.63) is 60.4 Å². The zero-order valence-corrected chi connectivity index (χ0v) is 17.1. The second-order valence-corrected chi connectivity index (χ2v) is 7.93. The third kappa shape index (κ3) is 4.01. The summed E-state index contributed by atoms with van der Waals surface area (Å²) < 4.78 is 0. The fraction of sp³-hybridized carbons (Fsp3) is 0.304. The Morgan fingerprint density at radius 1 is 1.16 bits per heavy atom. The molecule has 1 aromatic carbocycles. The minimum absolute atomic E-state index is 0.0160. The third-order valence-corrected chi connectivity index (χ3v) is 5.82. The minimum Gasteiger partial charge on any atom is -0.360 e. The molecule has 2 aromatic heterocycles. The van der Waals surface area contributed by atoms with Crippen LogP contribution in [0.2, 0.25) is 0 Å². The van der Waals surface area contributed by atoms with Gasteiger partial charge >= 0.3 is 0 Å². The summed E-state index contributed by atoms with van der Waals surface area (Å²) in [4.78, 5) is 40.9. The molecule has 158 valence electrons. The highest BCUT2D eigenvalue weighted by Crippen LogP contribution is 2.23. The zero-order valence-electron chi connectivity index (χ0n) is 17.1. The Morgan fingerprint density at radius 3 is 2.90 bits per heavy atom. The molecular formula is C23H24N6O2. The summed E-state index contributed by atoms with van der Waals surface area (Å²) >= 11 is 0. The molecule has 1 unspecified atom stereocenters. The Labute approximate surface area is 180 Å². The molecule has 8 heteroatoms. The molecule has 2 amide bonds. The lowest BCUT2D eigenvalue weighted by Gasteiger charge is -2.18. The Morgan fingerprint density at radius 2 is 2.10 bits per heavy atom. The third-order valence-electron chi connectivity index (χ3n) is 5.82. The van der Waals surface area contributed by atoms with Crippen LogP contribution < -0.4 is 15.1 Å². The molecule has 1 atom stereocenters. The van der Waals surface area contributed by atoms with Crippen molar-refractivity contribution in [2.24, 2.45) is 0 Å². The lowest BCUT2D eigenvalue weighted by Crippen LogP contribution is -2.37. The Balaban J connectivity index is 1.24. The normalized spacial score (nSPS) is 18.6. The second-order valence-electron chi connectivity index (χ2n) is 7.93. The van der Waals surface area contributed by atoms with E-state index in [1.165, 1.54) is 0 Å². The second kappa shape index (κ2) is 8.22. The van der Waals surface area contributed by atoms with Crippen LogP contribution in [0.25, 0.3) is 11.4 Å². The molecule has 0 aliphatic carbocycles. The van der Waals surface area contributed by atoms with Gasteiger partial charge in [-0.2, -0.15) is 0 Å². The van der Waals surface area contributed by atoms with Gasteiger partial charge in [-0.15, -0.1) is 0 Å². The molecule has 5 rings (SSSR count). The number of hydrogen-bond acceptors (Lipinski definition) is 5. The summed E-state index contributed by atoms with van der Waals surface area (Å²) in [7, 11) is 0.